The van der Waals surface area contributed by atoms with Gasteiger partial charge in [-0.3, -0.25) is 0 Å². The molecular weight excluding hydrogens is 305 g/mol. The molecule has 1 saturated heterocycles. The monoisotopic (exact) mass is 329 g/mol. The number of nitrogens with zero attached hydrogens (tertiary/aromatic N) is 1. The second kappa shape index (κ2) is 7.67. The number of hydrogen-bond donors (Lipinski definition) is 0. The van der Waals surface area contributed by atoms with Crippen molar-refractivity contribution in [3.63, 3.8) is 0 Å². The molecule has 0 bridgehead atoms. The van der Waals surface area contributed by atoms with E-state index in [1.807, 2.05) is 24.3 Å². The highest BCUT2D eigenvalue weighted by Gasteiger charge is 2.27. The first-order valence-corrected chi connectivity index (χ1v) is 8.39. The first-order chi connectivity index (χ1) is 11.7. The lowest BCUT2D eigenvalue weighted by molar-refractivity contribution is 0.333. The van der Waals surface area contributed by atoms with Gasteiger partial charge in [-0.1, -0.05) is 24.3 Å². The van der Waals surface area contributed by atoms with Crippen LogP contribution in [-0.2, 0) is 6.42 Å². The van der Waals surface area contributed by atoms with Gasteiger partial charge in [-0.05, 0) is 43.1 Å². The number of halogens is 1. The Morgan fingerprint density at radius 1 is 1.08 bits per heavy atom. The summed E-state index contributed by atoms with van der Waals surface area (Å²) in [4.78, 5) is 2.47. The number of ether oxygens (including phenoxy) is 2. The Hall–Kier alpha value is -2.07. The second-order valence-corrected chi connectivity index (χ2v) is 6.25. The second-order valence-electron chi connectivity index (χ2n) is 6.25. The van der Waals surface area contributed by atoms with Crippen LogP contribution in [0.25, 0.3) is 0 Å². The Morgan fingerprint density at radius 3 is 2.58 bits per heavy atom. The van der Waals surface area contributed by atoms with Crippen LogP contribution in [0.4, 0.5) is 4.39 Å². The summed E-state index contributed by atoms with van der Waals surface area (Å²) in [7, 11) is 3.37. The molecule has 0 saturated carbocycles. The summed E-state index contributed by atoms with van der Waals surface area (Å²) in [6.07, 6.45) is 2.06. The van der Waals surface area contributed by atoms with Gasteiger partial charge in [-0.2, -0.15) is 0 Å². The summed E-state index contributed by atoms with van der Waals surface area (Å²) >= 11 is 0. The van der Waals surface area contributed by atoms with Gasteiger partial charge in [0.05, 0.1) is 14.2 Å². The molecule has 0 spiro atoms. The van der Waals surface area contributed by atoms with Crippen LogP contribution in [0.3, 0.4) is 0 Å². The summed E-state index contributed by atoms with van der Waals surface area (Å²) in [6.45, 7) is 3.09. The summed E-state index contributed by atoms with van der Waals surface area (Å²) in [5, 5.41) is 0. The molecule has 24 heavy (non-hydrogen) atoms. The molecule has 3 nitrogen and oxygen atoms in total. The minimum Gasteiger partial charge on any atom is -0.493 e. The van der Waals surface area contributed by atoms with Crippen molar-refractivity contribution in [2.24, 2.45) is 0 Å². The van der Waals surface area contributed by atoms with Crippen LogP contribution >= 0.6 is 0 Å². The third-order valence-electron chi connectivity index (χ3n) is 4.78. The van der Waals surface area contributed by atoms with Crippen molar-refractivity contribution in [3.8, 4) is 11.5 Å². The Kier molecular flexibility index (Phi) is 5.36. The fraction of sp³-hybridized carbons (Fsp3) is 0.400. The van der Waals surface area contributed by atoms with Crippen molar-refractivity contribution in [1.82, 2.24) is 4.90 Å². The Morgan fingerprint density at radius 2 is 1.88 bits per heavy atom. The van der Waals surface area contributed by atoms with Crippen LogP contribution in [0.15, 0.2) is 42.5 Å². The molecule has 0 radical (unpaired) electrons. The smallest absolute Gasteiger partial charge is 0.164 e. The van der Waals surface area contributed by atoms with Gasteiger partial charge in [0.2, 0.25) is 0 Å². The van der Waals surface area contributed by atoms with E-state index in [9.17, 15) is 4.39 Å². The molecule has 4 heteroatoms. The quantitative estimate of drug-likeness (QED) is 0.803. The van der Waals surface area contributed by atoms with Gasteiger partial charge >= 0.3 is 0 Å². The molecule has 3 rings (SSSR count). The zero-order valence-corrected chi connectivity index (χ0v) is 14.3. The van der Waals surface area contributed by atoms with E-state index in [2.05, 4.69) is 11.0 Å². The van der Waals surface area contributed by atoms with E-state index in [0.29, 0.717) is 5.92 Å². The standard InChI is InChI=1S/C20H24FNO2/c1-23-19-5-3-4-18(20(19)24-2)16-11-13-22(14-16)12-10-15-6-8-17(21)9-7-15/h3-9,16H,10-14H2,1-2H3. The van der Waals surface area contributed by atoms with Crippen molar-refractivity contribution in [2.75, 3.05) is 33.9 Å². The highest BCUT2D eigenvalue weighted by atomic mass is 19.1. The highest BCUT2D eigenvalue weighted by molar-refractivity contribution is 5.48. The average Bonchev–Trinajstić information content (AvgIpc) is 3.09. The molecule has 2 aromatic rings. The number of benzene rings is 2. The van der Waals surface area contributed by atoms with Crippen molar-refractivity contribution >= 4 is 0 Å². The van der Waals surface area contributed by atoms with Crippen molar-refractivity contribution in [3.05, 3.63) is 59.4 Å². The first-order valence-electron chi connectivity index (χ1n) is 8.39. The highest BCUT2D eigenvalue weighted by Crippen LogP contribution is 2.39. The van der Waals surface area contributed by atoms with E-state index in [0.717, 1.165) is 44.0 Å². The van der Waals surface area contributed by atoms with Crippen LogP contribution in [0, 0.1) is 5.82 Å². The number of likely N-dealkylation sites (tertiary alicyclic amines) is 1. The van der Waals surface area contributed by atoms with Gasteiger partial charge < -0.3 is 14.4 Å². The van der Waals surface area contributed by atoms with Gasteiger partial charge in [-0.25, -0.2) is 4.39 Å². The maximum absolute atomic E-state index is 13.0. The van der Waals surface area contributed by atoms with E-state index in [1.165, 1.54) is 23.3 Å². The van der Waals surface area contributed by atoms with E-state index >= 15 is 0 Å². The lowest BCUT2D eigenvalue weighted by Crippen LogP contribution is -2.23. The van der Waals surface area contributed by atoms with Gasteiger partial charge in [0.1, 0.15) is 5.82 Å². The average molecular weight is 329 g/mol. The van der Waals surface area contributed by atoms with Gasteiger partial charge in [0, 0.05) is 24.6 Å². The topological polar surface area (TPSA) is 21.7 Å². The molecule has 1 unspecified atom stereocenters. The fourth-order valence-electron chi connectivity index (χ4n) is 3.46. The van der Waals surface area contributed by atoms with Gasteiger partial charge in [-0.15, -0.1) is 0 Å². The SMILES string of the molecule is COc1cccc(C2CCN(CCc3ccc(F)cc3)C2)c1OC. The van der Waals surface area contributed by atoms with Crippen LogP contribution < -0.4 is 9.47 Å². The number of methoxy groups -OCH3 is 2. The lowest BCUT2D eigenvalue weighted by atomic mass is 9.97. The molecular formula is C20H24FNO2. The maximum atomic E-state index is 13.0. The molecule has 0 amide bonds. The minimum atomic E-state index is -0.176. The van der Waals surface area contributed by atoms with E-state index < -0.39 is 0 Å². The van der Waals surface area contributed by atoms with Crippen molar-refractivity contribution < 1.29 is 13.9 Å². The summed E-state index contributed by atoms with van der Waals surface area (Å²) in [5.74, 6) is 1.93. The molecule has 128 valence electrons. The minimum absolute atomic E-state index is 0.176. The van der Waals surface area contributed by atoms with E-state index in [4.69, 9.17) is 9.47 Å². The van der Waals surface area contributed by atoms with Gasteiger partial charge in [0.15, 0.2) is 11.5 Å². The number of hydrogen-bond acceptors (Lipinski definition) is 3. The van der Waals surface area contributed by atoms with Gasteiger partial charge in [0.25, 0.3) is 0 Å². The predicted octanol–water partition coefficient (Wildman–Crippen LogP) is 3.87. The third-order valence-corrected chi connectivity index (χ3v) is 4.78. The van der Waals surface area contributed by atoms with Crippen LogP contribution in [-0.4, -0.2) is 38.8 Å². The Balaban J connectivity index is 1.62. The van der Waals surface area contributed by atoms with Crippen molar-refractivity contribution in [2.45, 2.75) is 18.8 Å². The first kappa shape index (κ1) is 16.8. The Labute approximate surface area is 143 Å². The summed E-state index contributed by atoms with van der Waals surface area (Å²) in [6, 6.07) is 12.9. The molecule has 1 heterocycles. The molecule has 2 aromatic carbocycles. The molecule has 1 atom stereocenters. The van der Waals surface area contributed by atoms with E-state index in [-0.39, 0.29) is 5.82 Å². The summed E-state index contributed by atoms with van der Waals surface area (Å²) in [5.41, 5.74) is 2.40. The zero-order valence-electron chi connectivity index (χ0n) is 14.3. The molecule has 0 N–H and O–H groups in total. The molecule has 1 aliphatic heterocycles. The molecule has 0 aliphatic carbocycles. The van der Waals surface area contributed by atoms with Crippen molar-refractivity contribution in [1.29, 1.82) is 0 Å². The Bertz CT molecular complexity index is 672. The zero-order chi connectivity index (χ0) is 16.9. The molecule has 0 aromatic heterocycles. The largest absolute Gasteiger partial charge is 0.493 e. The number of rotatable bonds is 6. The van der Waals surface area contributed by atoms with Crippen LogP contribution in [0.2, 0.25) is 0 Å². The number of para-hydroxylation sites is 1. The maximum Gasteiger partial charge on any atom is 0.164 e. The third kappa shape index (κ3) is 3.70. The summed E-state index contributed by atoms with van der Waals surface area (Å²) < 4.78 is 24.0. The molecule has 1 fully saturated rings. The van der Waals surface area contributed by atoms with E-state index in [1.54, 1.807) is 14.2 Å². The lowest BCUT2D eigenvalue weighted by Gasteiger charge is -2.19. The molecule has 1 aliphatic rings. The fourth-order valence-corrected chi connectivity index (χ4v) is 3.46. The van der Waals surface area contributed by atoms with Crippen LogP contribution in [0.1, 0.15) is 23.5 Å². The normalized spacial score (nSPS) is 17.9. The van der Waals surface area contributed by atoms with Crippen LogP contribution in [0.5, 0.6) is 11.5 Å². The predicted molar refractivity (Wildman–Crippen MR) is 93.4 cm³/mol.